The number of nitrogens with one attached hydrogen (secondary N) is 1. The number of hydrogen-bond donors (Lipinski definition) is 1. The van der Waals surface area contributed by atoms with Crippen LogP contribution in [0.4, 0.5) is 10.1 Å². The van der Waals surface area contributed by atoms with Crippen molar-refractivity contribution in [2.45, 2.75) is 18.6 Å². The van der Waals surface area contributed by atoms with Gasteiger partial charge in [-0.3, -0.25) is 4.90 Å². The summed E-state index contributed by atoms with van der Waals surface area (Å²) in [5.74, 6) is 1.26. The number of anilines is 1. The molecule has 0 saturated heterocycles. The molecule has 0 fully saturated rings. The van der Waals surface area contributed by atoms with Gasteiger partial charge in [0, 0.05) is 17.8 Å². The lowest BCUT2D eigenvalue weighted by Gasteiger charge is -2.47. The van der Waals surface area contributed by atoms with E-state index < -0.39 is 0 Å². The number of benzene rings is 3. The summed E-state index contributed by atoms with van der Waals surface area (Å²) in [5.41, 5.74) is 5.31. The maximum Gasteiger partial charge on any atom is 0.161 e. The van der Waals surface area contributed by atoms with E-state index in [9.17, 15) is 4.39 Å². The third kappa shape index (κ3) is 2.85. The van der Waals surface area contributed by atoms with Gasteiger partial charge < -0.3 is 14.8 Å². The summed E-state index contributed by atoms with van der Waals surface area (Å²) in [5, 5.41) is 3.57. The van der Waals surface area contributed by atoms with Crippen LogP contribution in [-0.4, -0.2) is 25.7 Å². The molecule has 3 aromatic carbocycles. The molecule has 5 heteroatoms. The average Bonchev–Trinajstić information content (AvgIpc) is 2.77. The molecule has 5 rings (SSSR count). The van der Waals surface area contributed by atoms with Crippen LogP contribution in [0.2, 0.25) is 0 Å². The molecule has 0 amide bonds. The Hall–Kier alpha value is -3.05. The van der Waals surface area contributed by atoms with Crippen LogP contribution in [0.5, 0.6) is 11.5 Å². The molecule has 0 radical (unpaired) electrons. The van der Waals surface area contributed by atoms with E-state index in [1.165, 1.54) is 22.8 Å². The van der Waals surface area contributed by atoms with Crippen molar-refractivity contribution in [2.75, 3.05) is 26.1 Å². The summed E-state index contributed by atoms with van der Waals surface area (Å²) in [4.78, 5) is 2.34. The van der Waals surface area contributed by atoms with Crippen molar-refractivity contribution >= 4 is 5.69 Å². The zero-order chi connectivity index (χ0) is 20.0. The second-order valence-corrected chi connectivity index (χ2v) is 7.45. The maximum atomic E-state index is 14.7. The molecule has 3 aromatic rings. The predicted octanol–water partition coefficient (Wildman–Crippen LogP) is 4.91. The molecule has 0 unspecified atom stereocenters. The normalized spacial score (nSPS) is 20.1. The summed E-state index contributed by atoms with van der Waals surface area (Å²) in [6, 6.07) is 19.5. The first-order valence-electron chi connectivity index (χ1n) is 9.81. The van der Waals surface area contributed by atoms with Crippen LogP contribution in [0, 0.1) is 5.82 Å². The third-order valence-corrected chi connectivity index (χ3v) is 5.99. The third-order valence-electron chi connectivity index (χ3n) is 5.99. The number of ether oxygens (including phenoxy) is 2. The summed E-state index contributed by atoms with van der Waals surface area (Å²) in [7, 11) is 3.32. The fraction of sp³-hybridized carbons (Fsp3) is 0.250. The van der Waals surface area contributed by atoms with Gasteiger partial charge in [0.05, 0.1) is 20.3 Å². The molecule has 2 heterocycles. The van der Waals surface area contributed by atoms with Gasteiger partial charge in [-0.15, -0.1) is 0 Å². The van der Waals surface area contributed by atoms with Crippen molar-refractivity contribution in [3.8, 4) is 11.5 Å². The molecule has 0 saturated carbocycles. The molecule has 148 valence electrons. The molecule has 2 aliphatic rings. The first-order valence-corrected chi connectivity index (χ1v) is 9.81. The van der Waals surface area contributed by atoms with Crippen LogP contribution in [0.3, 0.4) is 0 Å². The van der Waals surface area contributed by atoms with Gasteiger partial charge in [0.1, 0.15) is 12.0 Å². The Labute approximate surface area is 169 Å². The Morgan fingerprint density at radius 1 is 0.897 bits per heavy atom. The Morgan fingerprint density at radius 3 is 2.34 bits per heavy atom. The molecule has 0 bridgehead atoms. The maximum absolute atomic E-state index is 14.7. The Kier molecular flexibility index (Phi) is 4.40. The van der Waals surface area contributed by atoms with Crippen molar-refractivity contribution in [3.05, 3.63) is 88.7 Å². The van der Waals surface area contributed by atoms with Gasteiger partial charge in [0.2, 0.25) is 0 Å². The summed E-state index contributed by atoms with van der Waals surface area (Å²) in [6.45, 7) is 0.813. The highest BCUT2D eigenvalue weighted by molar-refractivity contribution is 5.61. The number of rotatable bonds is 3. The molecule has 29 heavy (non-hydrogen) atoms. The number of hydrogen-bond acceptors (Lipinski definition) is 4. The Bertz CT molecular complexity index is 1070. The van der Waals surface area contributed by atoms with Crippen LogP contribution in [0.15, 0.2) is 60.7 Å². The van der Waals surface area contributed by atoms with Crippen molar-refractivity contribution in [1.82, 2.24) is 4.90 Å². The van der Waals surface area contributed by atoms with E-state index in [4.69, 9.17) is 9.47 Å². The lowest BCUT2D eigenvalue weighted by molar-refractivity contribution is 0.150. The van der Waals surface area contributed by atoms with E-state index in [0.29, 0.717) is 11.3 Å². The van der Waals surface area contributed by atoms with Crippen molar-refractivity contribution < 1.29 is 13.9 Å². The minimum atomic E-state index is -0.239. The van der Waals surface area contributed by atoms with E-state index in [0.717, 1.165) is 24.4 Å². The molecule has 2 atom stereocenters. The van der Waals surface area contributed by atoms with Gasteiger partial charge in [-0.05, 0) is 47.4 Å². The highest BCUT2D eigenvalue weighted by Crippen LogP contribution is 2.49. The predicted molar refractivity (Wildman–Crippen MR) is 111 cm³/mol. The number of methoxy groups -OCH3 is 2. The van der Waals surface area contributed by atoms with Crippen LogP contribution >= 0.6 is 0 Å². The van der Waals surface area contributed by atoms with E-state index in [2.05, 4.69) is 40.5 Å². The van der Waals surface area contributed by atoms with E-state index >= 15 is 0 Å². The van der Waals surface area contributed by atoms with E-state index in [-0.39, 0.29) is 18.0 Å². The molecule has 4 nitrogen and oxygen atoms in total. The monoisotopic (exact) mass is 390 g/mol. The Morgan fingerprint density at radius 2 is 1.59 bits per heavy atom. The van der Waals surface area contributed by atoms with E-state index in [1.54, 1.807) is 20.3 Å². The highest BCUT2D eigenvalue weighted by Gasteiger charge is 2.40. The summed E-state index contributed by atoms with van der Waals surface area (Å²) in [6.07, 6.45) is 0.624. The quantitative estimate of drug-likeness (QED) is 0.689. The SMILES string of the molecule is COc1cc2c(cc1OC)[C@@H]1c3ccccc3N[C@@H](c3ccccc3F)N1CC2. The second-order valence-electron chi connectivity index (χ2n) is 7.45. The van der Waals surface area contributed by atoms with Crippen molar-refractivity contribution in [1.29, 1.82) is 0 Å². The molecule has 0 aliphatic carbocycles. The van der Waals surface area contributed by atoms with Gasteiger partial charge in [-0.1, -0.05) is 36.4 Å². The van der Waals surface area contributed by atoms with Gasteiger partial charge in [0.15, 0.2) is 11.5 Å². The largest absolute Gasteiger partial charge is 0.493 e. The minimum absolute atomic E-state index is 0.0145. The fourth-order valence-corrected chi connectivity index (χ4v) is 4.64. The van der Waals surface area contributed by atoms with E-state index in [1.807, 2.05) is 18.2 Å². The average molecular weight is 390 g/mol. The number of halogens is 1. The topological polar surface area (TPSA) is 33.7 Å². The lowest BCUT2D eigenvalue weighted by atomic mass is 9.84. The summed E-state index contributed by atoms with van der Waals surface area (Å²) >= 11 is 0. The van der Waals surface area contributed by atoms with Gasteiger partial charge in [-0.25, -0.2) is 4.39 Å². The smallest absolute Gasteiger partial charge is 0.161 e. The second kappa shape index (κ2) is 7.08. The molecule has 0 aromatic heterocycles. The van der Waals surface area contributed by atoms with Crippen molar-refractivity contribution in [2.24, 2.45) is 0 Å². The number of para-hydroxylation sites is 1. The standard InChI is InChI=1S/C24H23FN2O2/c1-28-21-13-15-11-12-27-23(18(15)14-22(21)29-2)17-8-4-6-10-20(17)26-24(27)16-7-3-5-9-19(16)25/h3-10,13-14,23-24,26H,11-12H2,1-2H3/t23-,24+/m0/s1. The Balaban J connectivity index is 1.70. The van der Waals surface area contributed by atoms with Crippen LogP contribution < -0.4 is 14.8 Å². The van der Waals surface area contributed by atoms with Crippen molar-refractivity contribution in [3.63, 3.8) is 0 Å². The van der Waals surface area contributed by atoms with Crippen LogP contribution in [0.25, 0.3) is 0 Å². The van der Waals surface area contributed by atoms with Gasteiger partial charge >= 0.3 is 0 Å². The van der Waals surface area contributed by atoms with Crippen LogP contribution in [-0.2, 0) is 6.42 Å². The zero-order valence-corrected chi connectivity index (χ0v) is 16.5. The molecule has 1 N–H and O–H groups in total. The lowest BCUT2D eigenvalue weighted by Crippen LogP contribution is -2.45. The molecule has 0 spiro atoms. The first-order chi connectivity index (χ1) is 14.2. The minimum Gasteiger partial charge on any atom is -0.493 e. The molecular formula is C24H23FN2O2. The summed E-state index contributed by atoms with van der Waals surface area (Å²) < 4.78 is 25.8. The van der Waals surface area contributed by atoms with Gasteiger partial charge in [-0.2, -0.15) is 0 Å². The first kappa shape index (κ1) is 18.0. The number of nitrogens with zero attached hydrogens (tertiary/aromatic N) is 1. The van der Waals surface area contributed by atoms with Gasteiger partial charge in [0.25, 0.3) is 0 Å². The fourth-order valence-electron chi connectivity index (χ4n) is 4.64. The molecular weight excluding hydrogens is 367 g/mol. The van der Waals surface area contributed by atoms with Crippen LogP contribution in [0.1, 0.15) is 34.5 Å². The highest BCUT2D eigenvalue weighted by atomic mass is 19.1. The number of fused-ring (bicyclic) bond motifs is 5. The molecule has 2 aliphatic heterocycles. The zero-order valence-electron chi connectivity index (χ0n) is 16.5.